The molecule has 0 aliphatic rings. The van der Waals surface area contributed by atoms with E-state index in [2.05, 4.69) is 0 Å². The number of rotatable bonds is 3. The quantitative estimate of drug-likeness (QED) is 0.628. The van der Waals surface area contributed by atoms with Crippen LogP contribution in [0, 0.1) is 11.3 Å². The van der Waals surface area contributed by atoms with Crippen LogP contribution in [-0.2, 0) is 0 Å². The Bertz CT molecular complexity index is 384. The summed E-state index contributed by atoms with van der Waals surface area (Å²) in [5.74, 6) is 0. The molecule has 0 fully saturated rings. The van der Waals surface area contributed by atoms with Gasteiger partial charge < -0.3 is 5.11 Å². The standard InChI is InChI=1S/C12H13NOS/c1-12(2,14)11(8-9-13)15-10-6-4-3-5-7-10/h3-8,14H,1-2H3/b11-8+. The van der Waals surface area contributed by atoms with E-state index in [0.717, 1.165) is 4.90 Å². The van der Waals surface area contributed by atoms with Gasteiger partial charge in [-0.2, -0.15) is 5.26 Å². The van der Waals surface area contributed by atoms with Gasteiger partial charge in [0.2, 0.25) is 0 Å². The Balaban J connectivity index is 2.88. The second kappa shape index (κ2) is 5.01. The summed E-state index contributed by atoms with van der Waals surface area (Å²) >= 11 is 1.41. The molecule has 0 aromatic heterocycles. The Labute approximate surface area is 94.2 Å². The summed E-state index contributed by atoms with van der Waals surface area (Å²) in [6.45, 7) is 3.35. The Morgan fingerprint density at radius 2 is 2.00 bits per heavy atom. The Kier molecular flexibility index (Phi) is 3.96. The van der Waals surface area contributed by atoms with Crippen LogP contribution in [0.4, 0.5) is 0 Å². The van der Waals surface area contributed by atoms with Crippen molar-refractivity contribution in [2.75, 3.05) is 0 Å². The number of benzene rings is 1. The third-order valence-corrected chi connectivity index (χ3v) is 3.11. The van der Waals surface area contributed by atoms with Crippen molar-refractivity contribution in [1.82, 2.24) is 0 Å². The molecule has 1 N–H and O–H groups in total. The molecule has 0 spiro atoms. The van der Waals surface area contributed by atoms with E-state index >= 15 is 0 Å². The fourth-order valence-electron chi connectivity index (χ4n) is 1.01. The van der Waals surface area contributed by atoms with Crippen molar-refractivity contribution in [3.8, 4) is 6.07 Å². The molecule has 15 heavy (non-hydrogen) atoms. The SMILES string of the molecule is CC(C)(O)/C(=C\C#N)Sc1ccccc1. The van der Waals surface area contributed by atoms with Gasteiger partial charge in [0.15, 0.2) is 0 Å². The van der Waals surface area contributed by atoms with Crippen LogP contribution in [0.5, 0.6) is 0 Å². The number of thioether (sulfide) groups is 1. The number of nitrogens with zero attached hydrogens (tertiary/aromatic N) is 1. The van der Waals surface area contributed by atoms with Crippen LogP contribution in [0.2, 0.25) is 0 Å². The van der Waals surface area contributed by atoms with Crippen LogP contribution in [0.1, 0.15) is 13.8 Å². The molecule has 0 amide bonds. The van der Waals surface area contributed by atoms with Crippen molar-refractivity contribution in [2.24, 2.45) is 0 Å². The van der Waals surface area contributed by atoms with Gasteiger partial charge >= 0.3 is 0 Å². The van der Waals surface area contributed by atoms with Crippen molar-refractivity contribution >= 4 is 11.8 Å². The molecule has 0 saturated carbocycles. The number of hydrogen-bond acceptors (Lipinski definition) is 3. The highest BCUT2D eigenvalue weighted by atomic mass is 32.2. The average molecular weight is 219 g/mol. The first kappa shape index (κ1) is 11.8. The Morgan fingerprint density at radius 3 is 2.47 bits per heavy atom. The van der Waals surface area contributed by atoms with E-state index in [1.165, 1.54) is 17.8 Å². The minimum Gasteiger partial charge on any atom is -0.385 e. The van der Waals surface area contributed by atoms with Crippen LogP contribution in [0.25, 0.3) is 0 Å². The van der Waals surface area contributed by atoms with E-state index in [4.69, 9.17) is 5.26 Å². The molecule has 0 aliphatic carbocycles. The van der Waals surface area contributed by atoms with Gasteiger partial charge in [-0.15, -0.1) is 0 Å². The molecule has 0 radical (unpaired) electrons. The van der Waals surface area contributed by atoms with Crippen molar-refractivity contribution in [1.29, 1.82) is 5.26 Å². The predicted molar refractivity (Wildman–Crippen MR) is 62.3 cm³/mol. The minimum atomic E-state index is -0.976. The summed E-state index contributed by atoms with van der Waals surface area (Å²) in [6.07, 6.45) is 1.39. The lowest BCUT2D eigenvalue weighted by Gasteiger charge is -2.20. The number of aliphatic hydroxyl groups is 1. The van der Waals surface area contributed by atoms with Crippen LogP contribution in [-0.4, -0.2) is 10.7 Å². The number of nitriles is 1. The van der Waals surface area contributed by atoms with E-state index in [9.17, 15) is 5.11 Å². The van der Waals surface area contributed by atoms with Gasteiger partial charge in [0.05, 0.1) is 11.7 Å². The molecule has 78 valence electrons. The van der Waals surface area contributed by atoms with Crippen molar-refractivity contribution in [3.05, 3.63) is 41.3 Å². The zero-order valence-corrected chi connectivity index (χ0v) is 9.58. The molecule has 0 unspecified atom stereocenters. The Hall–Kier alpha value is -1.24. The highest BCUT2D eigenvalue weighted by Gasteiger charge is 2.20. The van der Waals surface area contributed by atoms with E-state index in [1.807, 2.05) is 36.4 Å². The van der Waals surface area contributed by atoms with Crippen LogP contribution in [0.3, 0.4) is 0 Å². The monoisotopic (exact) mass is 219 g/mol. The van der Waals surface area contributed by atoms with Gasteiger partial charge in [-0.1, -0.05) is 30.0 Å². The van der Waals surface area contributed by atoms with Crippen LogP contribution >= 0.6 is 11.8 Å². The largest absolute Gasteiger partial charge is 0.385 e. The van der Waals surface area contributed by atoms with E-state index in [1.54, 1.807) is 13.8 Å². The summed E-state index contributed by atoms with van der Waals surface area (Å²) in [7, 11) is 0. The van der Waals surface area contributed by atoms with E-state index in [0.29, 0.717) is 4.91 Å². The third kappa shape index (κ3) is 3.78. The van der Waals surface area contributed by atoms with Gasteiger partial charge in [-0.3, -0.25) is 0 Å². The molecule has 0 bridgehead atoms. The molecule has 0 heterocycles. The van der Waals surface area contributed by atoms with Gasteiger partial charge in [0.1, 0.15) is 0 Å². The topological polar surface area (TPSA) is 44.0 Å². The summed E-state index contributed by atoms with van der Waals surface area (Å²) < 4.78 is 0. The summed E-state index contributed by atoms with van der Waals surface area (Å²) in [5.41, 5.74) is -0.976. The predicted octanol–water partition coefficient (Wildman–Crippen LogP) is 2.96. The Morgan fingerprint density at radius 1 is 1.40 bits per heavy atom. The zero-order valence-electron chi connectivity index (χ0n) is 8.77. The van der Waals surface area contributed by atoms with Crippen molar-refractivity contribution in [3.63, 3.8) is 0 Å². The first-order chi connectivity index (χ1) is 7.04. The molecule has 0 aliphatic heterocycles. The first-order valence-electron chi connectivity index (χ1n) is 4.59. The maximum atomic E-state index is 9.83. The first-order valence-corrected chi connectivity index (χ1v) is 5.41. The van der Waals surface area contributed by atoms with E-state index < -0.39 is 5.60 Å². The molecule has 1 aromatic rings. The highest BCUT2D eigenvalue weighted by Crippen LogP contribution is 2.33. The lowest BCUT2D eigenvalue weighted by Crippen LogP contribution is -2.19. The lowest BCUT2D eigenvalue weighted by molar-refractivity contribution is 0.129. The molecule has 1 rings (SSSR count). The van der Waals surface area contributed by atoms with Gasteiger partial charge in [-0.05, 0) is 26.0 Å². The zero-order chi connectivity index (χ0) is 11.3. The number of allylic oxidation sites excluding steroid dienone is 1. The van der Waals surface area contributed by atoms with Gasteiger partial charge in [0.25, 0.3) is 0 Å². The average Bonchev–Trinajstić information content (AvgIpc) is 2.17. The summed E-state index contributed by atoms with van der Waals surface area (Å²) in [4.78, 5) is 1.66. The fraction of sp³-hybridized carbons (Fsp3) is 0.250. The fourth-order valence-corrected chi connectivity index (χ4v) is 1.91. The molecule has 0 saturated heterocycles. The van der Waals surface area contributed by atoms with Crippen LogP contribution in [0.15, 0.2) is 46.2 Å². The maximum absolute atomic E-state index is 9.83. The normalized spacial score (nSPS) is 12.3. The second-order valence-corrected chi connectivity index (χ2v) is 4.73. The van der Waals surface area contributed by atoms with E-state index in [-0.39, 0.29) is 0 Å². The van der Waals surface area contributed by atoms with Crippen LogP contribution < -0.4 is 0 Å². The smallest absolute Gasteiger partial charge is 0.0921 e. The summed E-state index contributed by atoms with van der Waals surface area (Å²) in [5, 5.41) is 18.5. The highest BCUT2D eigenvalue weighted by molar-refractivity contribution is 8.03. The molecule has 0 atom stereocenters. The molecule has 3 heteroatoms. The van der Waals surface area contributed by atoms with Gasteiger partial charge in [-0.25, -0.2) is 0 Å². The second-order valence-electron chi connectivity index (χ2n) is 3.61. The third-order valence-electron chi connectivity index (χ3n) is 1.77. The lowest BCUT2D eigenvalue weighted by atomic mass is 10.1. The summed E-state index contributed by atoms with van der Waals surface area (Å²) in [6, 6.07) is 11.6. The van der Waals surface area contributed by atoms with Crippen molar-refractivity contribution in [2.45, 2.75) is 24.3 Å². The molecule has 1 aromatic carbocycles. The molecule has 2 nitrogen and oxygen atoms in total. The van der Waals surface area contributed by atoms with Gasteiger partial charge in [0, 0.05) is 15.9 Å². The molecular formula is C12H13NOS. The maximum Gasteiger partial charge on any atom is 0.0921 e. The molecular weight excluding hydrogens is 206 g/mol. The van der Waals surface area contributed by atoms with Crippen molar-refractivity contribution < 1.29 is 5.11 Å². The number of hydrogen-bond donors (Lipinski definition) is 1. The minimum absolute atomic E-state index is 0.649.